The summed E-state index contributed by atoms with van der Waals surface area (Å²) >= 11 is 0. The molecule has 0 bridgehead atoms. The third kappa shape index (κ3) is 4.68. The number of nitrogens with two attached hydrogens (primary N) is 1. The normalized spacial score (nSPS) is 14.5. The van der Waals surface area contributed by atoms with Crippen LogP contribution in [0.1, 0.15) is 34.1 Å². The van der Waals surface area contributed by atoms with E-state index in [2.05, 4.69) is 0 Å². The lowest BCUT2D eigenvalue weighted by molar-refractivity contribution is -0.140. The van der Waals surface area contributed by atoms with E-state index < -0.39 is 6.04 Å². The Morgan fingerprint density at radius 3 is 2.46 bits per heavy atom. The summed E-state index contributed by atoms with van der Waals surface area (Å²) in [4.78, 5) is 11.2. The maximum Gasteiger partial charge on any atom is 0.327 e. The number of ether oxygens (including phenoxy) is 1. The van der Waals surface area contributed by atoms with Crippen molar-refractivity contribution in [2.45, 2.75) is 40.2 Å². The summed E-state index contributed by atoms with van der Waals surface area (Å²) < 4.78 is 4.89. The second kappa shape index (κ2) is 5.75. The Morgan fingerprint density at radius 2 is 2.08 bits per heavy atom. The number of rotatable bonds is 4. The summed E-state index contributed by atoms with van der Waals surface area (Å²) in [7, 11) is 0. The molecule has 3 nitrogen and oxygen atoms in total. The summed E-state index contributed by atoms with van der Waals surface area (Å²) in [6.07, 6.45) is 2.36. The van der Waals surface area contributed by atoms with Crippen LogP contribution in [0.4, 0.5) is 0 Å². The van der Waals surface area contributed by atoms with Crippen LogP contribution in [-0.4, -0.2) is 12.0 Å². The Bertz CT molecular complexity index is 197. The van der Waals surface area contributed by atoms with Gasteiger partial charge in [-0.3, -0.25) is 0 Å². The van der Waals surface area contributed by atoms with Crippen LogP contribution in [0.3, 0.4) is 0 Å². The molecule has 1 unspecified atom stereocenters. The van der Waals surface area contributed by atoms with Crippen LogP contribution < -0.4 is 5.73 Å². The molecule has 3 heteroatoms. The lowest BCUT2D eigenvalue weighted by atomic mass is 10.1. The van der Waals surface area contributed by atoms with E-state index in [0.717, 1.165) is 12.0 Å². The minimum absolute atomic E-state index is 0.114. The highest BCUT2D eigenvalue weighted by atomic mass is 16.5. The molecule has 0 aliphatic rings. The van der Waals surface area contributed by atoms with E-state index in [1.54, 1.807) is 0 Å². The topological polar surface area (TPSA) is 52.3 Å². The Hall–Kier alpha value is -0.830. The molecule has 0 spiro atoms. The van der Waals surface area contributed by atoms with Crippen LogP contribution in [0.25, 0.3) is 0 Å². The van der Waals surface area contributed by atoms with Gasteiger partial charge in [0.05, 0.1) is 6.26 Å². The molecule has 76 valence electrons. The van der Waals surface area contributed by atoms with Crippen LogP contribution in [0.5, 0.6) is 0 Å². The molecule has 0 aromatic rings. The molecule has 0 saturated heterocycles. The van der Waals surface area contributed by atoms with Gasteiger partial charge < -0.3 is 10.5 Å². The highest BCUT2D eigenvalue weighted by molar-refractivity contribution is 5.76. The first-order valence-electron chi connectivity index (χ1n) is 4.60. The highest BCUT2D eigenvalue weighted by Crippen LogP contribution is 2.03. The molecule has 0 fully saturated rings. The summed E-state index contributed by atoms with van der Waals surface area (Å²) in [5.74, 6) is -0.245. The number of allylic oxidation sites excluding steroid dienone is 1. The molecule has 2 N–H and O–H groups in total. The maximum atomic E-state index is 11.2. The van der Waals surface area contributed by atoms with Gasteiger partial charge in [-0.1, -0.05) is 20.8 Å². The fraction of sp³-hybridized carbons (Fsp3) is 0.700. The van der Waals surface area contributed by atoms with Gasteiger partial charge in [0.25, 0.3) is 0 Å². The number of hydrogen-bond donors (Lipinski definition) is 1. The van der Waals surface area contributed by atoms with Gasteiger partial charge in [0.15, 0.2) is 0 Å². The standard InChI is InChI=1S/C10H19NO2/c1-5-8(4)6-13-10(12)9(11)7(2)3/h6-7,9H,5,11H2,1-4H3. The Balaban J connectivity index is 4.01. The van der Waals surface area contributed by atoms with E-state index in [1.807, 2.05) is 27.7 Å². The summed E-state index contributed by atoms with van der Waals surface area (Å²) in [6, 6.07) is -0.527. The van der Waals surface area contributed by atoms with Gasteiger partial charge in [0.1, 0.15) is 6.04 Å². The van der Waals surface area contributed by atoms with Crippen molar-refractivity contribution in [1.82, 2.24) is 0 Å². The van der Waals surface area contributed by atoms with E-state index in [4.69, 9.17) is 10.5 Å². The summed E-state index contributed by atoms with van der Waals surface area (Å²) in [5, 5.41) is 0. The van der Waals surface area contributed by atoms with Gasteiger partial charge in [-0.05, 0) is 24.8 Å². The van der Waals surface area contributed by atoms with Crippen molar-refractivity contribution in [3.63, 3.8) is 0 Å². The molecule has 0 aromatic heterocycles. The van der Waals surface area contributed by atoms with Crippen LogP contribution in [-0.2, 0) is 9.53 Å². The van der Waals surface area contributed by atoms with Gasteiger partial charge in [0, 0.05) is 0 Å². The van der Waals surface area contributed by atoms with Gasteiger partial charge in [-0.2, -0.15) is 0 Å². The van der Waals surface area contributed by atoms with Crippen molar-refractivity contribution < 1.29 is 9.53 Å². The van der Waals surface area contributed by atoms with Gasteiger partial charge in [-0.15, -0.1) is 0 Å². The van der Waals surface area contributed by atoms with Gasteiger partial charge in [0.2, 0.25) is 0 Å². The van der Waals surface area contributed by atoms with Crippen molar-refractivity contribution in [2.75, 3.05) is 0 Å². The average Bonchev–Trinajstić information content (AvgIpc) is 2.11. The lowest BCUT2D eigenvalue weighted by Crippen LogP contribution is -2.36. The first-order valence-corrected chi connectivity index (χ1v) is 4.60. The van der Waals surface area contributed by atoms with E-state index in [0.29, 0.717) is 0 Å². The van der Waals surface area contributed by atoms with Crippen molar-refractivity contribution in [3.8, 4) is 0 Å². The zero-order valence-electron chi connectivity index (χ0n) is 8.83. The zero-order valence-corrected chi connectivity index (χ0v) is 8.83. The van der Waals surface area contributed by atoms with Crippen LogP contribution in [0.15, 0.2) is 11.8 Å². The molecule has 0 aliphatic carbocycles. The molecule has 0 heterocycles. The smallest absolute Gasteiger partial charge is 0.327 e. The molecule has 1 atom stereocenters. The monoisotopic (exact) mass is 185 g/mol. The van der Waals surface area contributed by atoms with Crippen molar-refractivity contribution >= 4 is 5.97 Å². The average molecular weight is 185 g/mol. The Labute approximate surface area is 79.9 Å². The molecular weight excluding hydrogens is 166 g/mol. The van der Waals surface area contributed by atoms with E-state index >= 15 is 0 Å². The molecule has 0 aromatic carbocycles. The zero-order chi connectivity index (χ0) is 10.4. The third-order valence-corrected chi connectivity index (χ3v) is 1.92. The lowest BCUT2D eigenvalue weighted by Gasteiger charge is -2.12. The van der Waals surface area contributed by atoms with E-state index in [-0.39, 0.29) is 11.9 Å². The maximum absolute atomic E-state index is 11.2. The first kappa shape index (κ1) is 12.2. The largest absolute Gasteiger partial charge is 0.433 e. The van der Waals surface area contributed by atoms with Crippen LogP contribution >= 0.6 is 0 Å². The summed E-state index contributed by atoms with van der Waals surface area (Å²) in [6.45, 7) is 7.70. The molecule has 0 rings (SSSR count). The third-order valence-electron chi connectivity index (χ3n) is 1.92. The van der Waals surface area contributed by atoms with Crippen molar-refractivity contribution in [2.24, 2.45) is 11.7 Å². The van der Waals surface area contributed by atoms with Crippen molar-refractivity contribution in [3.05, 3.63) is 11.8 Å². The molecule has 0 aliphatic heterocycles. The minimum atomic E-state index is -0.527. The van der Waals surface area contributed by atoms with Gasteiger partial charge >= 0.3 is 5.97 Å². The fourth-order valence-electron chi connectivity index (χ4n) is 0.593. The van der Waals surface area contributed by atoms with Gasteiger partial charge in [-0.25, -0.2) is 4.79 Å². The second-order valence-electron chi connectivity index (χ2n) is 3.52. The number of esters is 1. The van der Waals surface area contributed by atoms with Crippen LogP contribution in [0, 0.1) is 5.92 Å². The second-order valence-corrected chi connectivity index (χ2v) is 3.52. The first-order chi connectivity index (χ1) is 5.99. The highest BCUT2D eigenvalue weighted by Gasteiger charge is 2.17. The molecule has 0 radical (unpaired) electrons. The number of carbonyl (C=O) groups is 1. The molecular formula is C10H19NO2. The Morgan fingerprint density at radius 1 is 1.54 bits per heavy atom. The quantitative estimate of drug-likeness (QED) is 0.537. The predicted octanol–water partition coefficient (Wildman–Crippen LogP) is 1.83. The van der Waals surface area contributed by atoms with Crippen molar-refractivity contribution in [1.29, 1.82) is 0 Å². The van der Waals surface area contributed by atoms with E-state index in [1.165, 1.54) is 6.26 Å². The Kier molecular flexibility index (Phi) is 5.39. The minimum Gasteiger partial charge on any atom is -0.433 e. The number of hydrogen-bond acceptors (Lipinski definition) is 3. The molecule has 13 heavy (non-hydrogen) atoms. The van der Waals surface area contributed by atoms with E-state index in [9.17, 15) is 4.79 Å². The van der Waals surface area contributed by atoms with Crippen LogP contribution in [0.2, 0.25) is 0 Å². The predicted molar refractivity (Wildman–Crippen MR) is 53.0 cm³/mol. The molecule has 0 amide bonds. The number of carbonyl (C=O) groups excluding carboxylic acids is 1. The summed E-state index contributed by atoms with van der Waals surface area (Å²) in [5.41, 5.74) is 6.62. The fourth-order valence-corrected chi connectivity index (χ4v) is 0.593. The SMILES string of the molecule is CCC(C)=COC(=O)C(N)C(C)C. The molecule has 0 saturated carbocycles.